The third-order valence-electron chi connectivity index (χ3n) is 3.64. The minimum absolute atomic E-state index is 0.00951. The van der Waals surface area contributed by atoms with Crippen LogP contribution in [0.25, 0.3) is 0 Å². The summed E-state index contributed by atoms with van der Waals surface area (Å²) in [6, 6.07) is 13.2. The summed E-state index contributed by atoms with van der Waals surface area (Å²) in [5.41, 5.74) is 2.51. The van der Waals surface area contributed by atoms with Crippen LogP contribution in [0.4, 0.5) is 22.7 Å². The lowest BCUT2D eigenvalue weighted by atomic mass is 10.2. The van der Waals surface area contributed by atoms with Crippen molar-refractivity contribution in [2.75, 3.05) is 25.1 Å². The van der Waals surface area contributed by atoms with Gasteiger partial charge in [-0.3, -0.25) is 10.1 Å². The van der Waals surface area contributed by atoms with Gasteiger partial charge in [0.2, 0.25) is 0 Å². The molecule has 0 radical (unpaired) electrons. The second kappa shape index (κ2) is 9.23. The lowest BCUT2D eigenvalue weighted by molar-refractivity contribution is -0.384. The molecule has 27 heavy (non-hydrogen) atoms. The molecule has 0 bridgehead atoms. The van der Waals surface area contributed by atoms with Crippen molar-refractivity contribution >= 4 is 28.7 Å². The molecule has 2 aromatic carbocycles. The summed E-state index contributed by atoms with van der Waals surface area (Å²) in [6.07, 6.45) is 0. The van der Waals surface area contributed by atoms with Crippen LogP contribution < -0.4 is 4.90 Å². The molecule has 8 heteroatoms. The molecule has 0 aromatic heterocycles. The fraction of sp³-hybridized carbons (Fsp3) is 0.211. The first-order valence-corrected chi connectivity index (χ1v) is 8.17. The predicted octanol–water partition coefficient (Wildman–Crippen LogP) is 4.57. The van der Waals surface area contributed by atoms with Gasteiger partial charge in [0.1, 0.15) is 6.61 Å². The molecular weight excluding hydrogens is 348 g/mol. The second-order valence-corrected chi connectivity index (χ2v) is 5.83. The van der Waals surface area contributed by atoms with Crippen LogP contribution >= 0.6 is 0 Å². The number of benzene rings is 2. The number of nitrogens with zero attached hydrogens (tertiary/aromatic N) is 4. The number of hydrogen-bond donors (Lipinski definition) is 0. The van der Waals surface area contributed by atoms with Crippen molar-refractivity contribution in [2.45, 2.75) is 6.92 Å². The van der Waals surface area contributed by atoms with Gasteiger partial charge in [0.25, 0.3) is 5.69 Å². The van der Waals surface area contributed by atoms with Crippen LogP contribution in [0.15, 0.2) is 70.9 Å². The fourth-order valence-corrected chi connectivity index (χ4v) is 2.06. The molecule has 0 heterocycles. The molecule has 0 atom stereocenters. The first kappa shape index (κ1) is 19.8. The van der Waals surface area contributed by atoms with Crippen LogP contribution in [0, 0.1) is 10.1 Å². The van der Waals surface area contributed by atoms with E-state index in [0.29, 0.717) is 23.5 Å². The molecular formula is C19H20N4O4. The summed E-state index contributed by atoms with van der Waals surface area (Å²) < 4.78 is 5.07. The molecule has 0 amide bonds. The number of carbonyl (C=O) groups is 1. The average molecular weight is 368 g/mol. The summed E-state index contributed by atoms with van der Waals surface area (Å²) in [5, 5.41) is 18.8. The lowest BCUT2D eigenvalue weighted by Crippen LogP contribution is -2.23. The summed E-state index contributed by atoms with van der Waals surface area (Å²) in [5.74, 6) is -0.398. The maximum atomic E-state index is 11.3. The lowest BCUT2D eigenvalue weighted by Gasteiger charge is -2.19. The van der Waals surface area contributed by atoms with Crippen LogP contribution in [-0.4, -0.2) is 31.1 Å². The summed E-state index contributed by atoms with van der Waals surface area (Å²) in [7, 11) is 1.89. The van der Waals surface area contributed by atoms with Crippen molar-refractivity contribution in [3.05, 3.63) is 70.8 Å². The van der Waals surface area contributed by atoms with Crippen LogP contribution in [0.2, 0.25) is 0 Å². The summed E-state index contributed by atoms with van der Waals surface area (Å²) in [6.45, 7) is 5.95. The topological polar surface area (TPSA) is 97.4 Å². The Labute approximate surface area is 156 Å². The van der Waals surface area contributed by atoms with E-state index in [-0.39, 0.29) is 12.3 Å². The first-order valence-electron chi connectivity index (χ1n) is 8.17. The molecule has 0 saturated heterocycles. The zero-order chi connectivity index (χ0) is 19.8. The Morgan fingerprint density at radius 2 is 1.63 bits per heavy atom. The third kappa shape index (κ3) is 6.03. The standard InChI is InChI=1S/C19H20N4O4/c1-14(2)19(24)27-13-12-22(3)17-8-4-15(5-9-17)20-21-16-6-10-18(11-7-16)23(25)26/h4-11H,1,12-13H2,2-3H3/b21-20+. The molecule has 140 valence electrons. The smallest absolute Gasteiger partial charge is 0.333 e. The van der Waals surface area contributed by atoms with Crippen LogP contribution in [-0.2, 0) is 9.53 Å². The van der Waals surface area contributed by atoms with E-state index in [1.165, 1.54) is 24.3 Å². The highest BCUT2D eigenvalue weighted by Crippen LogP contribution is 2.23. The maximum Gasteiger partial charge on any atom is 0.333 e. The number of ether oxygens (including phenoxy) is 1. The van der Waals surface area contributed by atoms with Gasteiger partial charge in [0, 0.05) is 30.4 Å². The highest BCUT2D eigenvalue weighted by Gasteiger charge is 2.06. The van der Waals surface area contributed by atoms with Gasteiger partial charge in [-0.25, -0.2) is 4.79 Å². The van der Waals surface area contributed by atoms with E-state index in [9.17, 15) is 14.9 Å². The molecule has 0 aliphatic heterocycles. The SMILES string of the molecule is C=C(C)C(=O)OCCN(C)c1ccc(/N=N/c2ccc([N+](=O)[O-])cc2)cc1. The number of likely N-dealkylation sites (N-methyl/N-ethyl adjacent to an activating group) is 1. The Morgan fingerprint density at radius 3 is 2.11 bits per heavy atom. The number of nitro groups is 1. The second-order valence-electron chi connectivity index (χ2n) is 5.83. The Balaban J connectivity index is 1.91. The van der Waals surface area contributed by atoms with E-state index in [2.05, 4.69) is 16.8 Å². The van der Waals surface area contributed by atoms with Gasteiger partial charge in [0.05, 0.1) is 22.8 Å². The Hall–Kier alpha value is -3.55. The van der Waals surface area contributed by atoms with E-state index in [1.54, 1.807) is 19.1 Å². The number of hydrogen-bond acceptors (Lipinski definition) is 7. The average Bonchev–Trinajstić information content (AvgIpc) is 2.66. The quantitative estimate of drug-likeness (QED) is 0.224. The van der Waals surface area contributed by atoms with E-state index in [1.807, 2.05) is 24.1 Å². The van der Waals surface area contributed by atoms with Gasteiger partial charge in [-0.05, 0) is 43.3 Å². The molecule has 2 aromatic rings. The van der Waals surface area contributed by atoms with Gasteiger partial charge in [-0.15, -0.1) is 0 Å². The van der Waals surface area contributed by atoms with Crippen molar-refractivity contribution in [3.63, 3.8) is 0 Å². The van der Waals surface area contributed by atoms with Gasteiger partial charge in [0.15, 0.2) is 0 Å². The molecule has 0 N–H and O–H groups in total. The van der Waals surface area contributed by atoms with E-state index < -0.39 is 10.9 Å². The van der Waals surface area contributed by atoms with Crippen LogP contribution in [0.1, 0.15) is 6.92 Å². The Bertz CT molecular complexity index is 845. The normalized spacial score (nSPS) is 10.6. The number of nitro benzene ring substituents is 1. The van der Waals surface area contributed by atoms with Crippen molar-refractivity contribution in [2.24, 2.45) is 10.2 Å². The zero-order valence-corrected chi connectivity index (χ0v) is 15.2. The van der Waals surface area contributed by atoms with Crippen LogP contribution in [0.5, 0.6) is 0 Å². The number of azo groups is 1. The number of rotatable bonds is 8. The molecule has 0 aliphatic rings. The minimum atomic E-state index is -0.463. The minimum Gasteiger partial charge on any atom is -0.460 e. The predicted molar refractivity (Wildman–Crippen MR) is 103 cm³/mol. The summed E-state index contributed by atoms with van der Waals surface area (Å²) in [4.78, 5) is 23.5. The number of esters is 1. The first-order chi connectivity index (χ1) is 12.9. The molecule has 2 rings (SSSR count). The van der Waals surface area contributed by atoms with E-state index >= 15 is 0 Å². The monoisotopic (exact) mass is 368 g/mol. The van der Waals surface area contributed by atoms with Gasteiger partial charge in [-0.2, -0.15) is 10.2 Å². The van der Waals surface area contributed by atoms with Crippen molar-refractivity contribution in [3.8, 4) is 0 Å². The molecule has 0 fully saturated rings. The molecule has 0 spiro atoms. The number of carbonyl (C=O) groups excluding carboxylic acids is 1. The van der Waals surface area contributed by atoms with E-state index in [0.717, 1.165) is 5.69 Å². The largest absolute Gasteiger partial charge is 0.460 e. The highest BCUT2D eigenvalue weighted by molar-refractivity contribution is 5.86. The molecule has 0 saturated carbocycles. The van der Waals surface area contributed by atoms with Crippen molar-refractivity contribution < 1.29 is 14.5 Å². The Kier molecular flexibility index (Phi) is 6.76. The van der Waals surface area contributed by atoms with Gasteiger partial charge >= 0.3 is 5.97 Å². The van der Waals surface area contributed by atoms with Crippen molar-refractivity contribution in [1.82, 2.24) is 0 Å². The Morgan fingerprint density at radius 1 is 1.11 bits per heavy atom. The zero-order valence-electron chi connectivity index (χ0n) is 15.2. The molecule has 8 nitrogen and oxygen atoms in total. The van der Waals surface area contributed by atoms with Gasteiger partial charge in [-0.1, -0.05) is 6.58 Å². The maximum absolute atomic E-state index is 11.3. The number of non-ortho nitro benzene ring substituents is 1. The molecule has 0 unspecified atom stereocenters. The van der Waals surface area contributed by atoms with E-state index in [4.69, 9.17) is 4.74 Å². The fourth-order valence-electron chi connectivity index (χ4n) is 2.06. The van der Waals surface area contributed by atoms with Crippen molar-refractivity contribution in [1.29, 1.82) is 0 Å². The highest BCUT2D eigenvalue weighted by atomic mass is 16.6. The number of anilines is 1. The van der Waals surface area contributed by atoms with Crippen LogP contribution in [0.3, 0.4) is 0 Å². The van der Waals surface area contributed by atoms with Gasteiger partial charge < -0.3 is 9.64 Å². The molecule has 0 aliphatic carbocycles. The summed E-state index contributed by atoms with van der Waals surface area (Å²) >= 11 is 0. The third-order valence-corrected chi connectivity index (χ3v) is 3.64.